The number of benzene rings is 1. The molecule has 0 bridgehead atoms. The first kappa shape index (κ1) is 11.7. The molecule has 3 heteroatoms. The van der Waals surface area contributed by atoms with Gasteiger partial charge in [0.25, 0.3) is 0 Å². The average Bonchev–Trinajstić information content (AvgIpc) is 2.11. The third-order valence-electron chi connectivity index (χ3n) is 2.27. The highest BCUT2D eigenvalue weighted by atomic mass is 79.9. The van der Waals surface area contributed by atoms with E-state index in [-0.39, 0.29) is 11.9 Å². The van der Waals surface area contributed by atoms with Gasteiger partial charge in [-0.25, -0.2) is 4.39 Å². The maximum absolute atomic E-state index is 13.5. The Balaban J connectivity index is 3.08. The minimum Gasteiger partial charge on any atom is -0.313 e. The van der Waals surface area contributed by atoms with Crippen LogP contribution in [0.25, 0.3) is 0 Å². The summed E-state index contributed by atoms with van der Waals surface area (Å²) in [6, 6.07) is 5.10. The topological polar surface area (TPSA) is 12.0 Å². The molecular weight excluding hydrogens is 245 g/mol. The largest absolute Gasteiger partial charge is 0.313 e. The number of halogens is 2. The molecule has 1 atom stereocenters. The van der Waals surface area contributed by atoms with Crippen LogP contribution in [-0.4, -0.2) is 7.05 Å². The monoisotopic (exact) mass is 259 g/mol. The Labute approximate surface area is 92.8 Å². The van der Waals surface area contributed by atoms with E-state index in [0.717, 1.165) is 10.0 Å². The van der Waals surface area contributed by atoms with Crippen molar-refractivity contribution in [1.82, 2.24) is 5.32 Å². The Morgan fingerprint density at radius 3 is 2.50 bits per heavy atom. The smallest absolute Gasteiger partial charge is 0.128 e. The summed E-state index contributed by atoms with van der Waals surface area (Å²) < 4.78 is 14.4. The summed E-state index contributed by atoms with van der Waals surface area (Å²) in [5, 5.41) is 3.12. The molecule has 1 aromatic rings. The third-order valence-corrected chi connectivity index (χ3v) is 2.76. The van der Waals surface area contributed by atoms with Crippen molar-refractivity contribution in [2.75, 3.05) is 7.05 Å². The van der Waals surface area contributed by atoms with E-state index in [1.54, 1.807) is 6.07 Å². The van der Waals surface area contributed by atoms with Gasteiger partial charge >= 0.3 is 0 Å². The van der Waals surface area contributed by atoms with E-state index in [9.17, 15) is 4.39 Å². The second-order valence-electron chi connectivity index (χ2n) is 3.68. The fourth-order valence-electron chi connectivity index (χ4n) is 1.60. The molecule has 0 saturated carbocycles. The van der Waals surface area contributed by atoms with Crippen LogP contribution in [0.4, 0.5) is 4.39 Å². The van der Waals surface area contributed by atoms with E-state index in [0.29, 0.717) is 5.92 Å². The van der Waals surface area contributed by atoms with E-state index < -0.39 is 0 Å². The van der Waals surface area contributed by atoms with Gasteiger partial charge in [0.05, 0.1) is 0 Å². The van der Waals surface area contributed by atoms with Crippen molar-refractivity contribution in [3.05, 3.63) is 34.1 Å². The molecule has 1 rings (SSSR count). The highest BCUT2D eigenvalue weighted by Crippen LogP contribution is 2.26. The minimum absolute atomic E-state index is 0.0625. The van der Waals surface area contributed by atoms with E-state index in [4.69, 9.17) is 0 Å². The second kappa shape index (κ2) is 4.89. The molecule has 0 aliphatic rings. The van der Waals surface area contributed by atoms with Crippen molar-refractivity contribution in [3.8, 4) is 0 Å². The lowest BCUT2D eigenvalue weighted by molar-refractivity contribution is 0.424. The fourth-order valence-corrected chi connectivity index (χ4v) is 1.98. The van der Waals surface area contributed by atoms with Crippen LogP contribution < -0.4 is 5.32 Å². The number of rotatable bonds is 3. The summed E-state index contributed by atoms with van der Waals surface area (Å²) in [5.41, 5.74) is 0.719. The number of hydrogen-bond acceptors (Lipinski definition) is 1. The van der Waals surface area contributed by atoms with Crippen LogP contribution in [0.15, 0.2) is 22.7 Å². The highest BCUT2D eigenvalue weighted by Gasteiger charge is 2.17. The summed E-state index contributed by atoms with van der Waals surface area (Å²) in [6.45, 7) is 4.14. The molecule has 0 fully saturated rings. The van der Waals surface area contributed by atoms with Crippen LogP contribution in [0.1, 0.15) is 25.5 Å². The van der Waals surface area contributed by atoms with Crippen LogP contribution in [0, 0.1) is 11.7 Å². The zero-order valence-electron chi connectivity index (χ0n) is 8.64. The van der Waals surface area contributed by atoms with E-state index >= 15 is 0 Å². The van der Waals surface area contributed by atoms with Crippen molar-refractivity contribution in [2.24, 2.45) is 5.92 Å². The fraction of sp³-hybridized carbons (Fsp3) is 0.455. The molecule has 0 radical (unpaired) electrons. The van der Waals surface area contributed by atoms with Crippen LogP contribution >= 0.6 is 15.9 Å². The molecule has 78 valence electrons. The van der Waals surface area contributed by atoms with Crippen LogP contribution in [0.5, 0.6) is 0 Å². The summed E-state index contributed by atoms with van der Waals surface area (Å²) in [5.74, 6) is 0.213. The van der Waals surface area contributed by atoms with Crippen molar-refractivity contribution in [1.29, 1.82) is 0 Å². The Morgan fingerprint density at radius 1 is 1.36 bits per heavy atom. The van der Waals surface area contributed by atoms with Gasteiger partial charge < -0.3 is 5.32 Å². The molecule has 0 saturated heterocycles. The van der Waals surface area contributed by atoms with E-state index in [1.807, 2.05) is 13.1 Å². The zero-order valence-corrected chi connectivity index (χ0v) is 10.2. The van der Waals surface area contributed by atoms with Crippen LogP contribution in [-0.2, 0) is 0 Å². The van der Waals surface area contributed by atoms with Gasteiger partial charge in [-0.05, 0) is 31.2 Å². The van der Waals surface area contributed by atoms with E-state index in [2.05, 4.69) is 35.1 Å². The molecule has 0 aliphatic heterocycles. The molecule has 1 aromatic carbocycles. The zero-order chi connectivity index (χ0) is 10.7. The molecule has 0 spiro atoms. The Kier molecular flexibility index (Phi) is 4.08. The van der Waals surface area contributed by atoms with Crippen molar-refractivity contribution < 1.29 is 4.39 Å². The molecule has 14 heavy (non-hydrogen) atoms. The van der Waals surface area contributed by atoms with Gasteiger partial charge in [-0.3, -0.25) is 0 Å². The van der Waals surface area contributed by atoms with Crippen LogP contribution in [0.3, 0.4) is 0 Å². The molecule has 1 nitrogen and oxygen atoms in total. The minimum atomic E-state index is -0.152. The molecule has 1 N–H and O–H groups in total. The first-order valence-corrected chi connectivity index (χ1v) is 5.47. The number of hydrogen-bond donors (Lipinski definition) is 1. The predicted octanol–water partition coefficient (Wildman–Crippen LogP) is 3.50. The lowest BCUT2D eigenvalue weighted by Crippen LogP contribution is -2.22. The molecule has 0 heterocycles. The highest BCUT2D eigenvalue weighted by molar-refractivity contribution is 9.10. The Morgan fingerprint density at radius 2 is 2.00 bits per heavy atom. The lowest BCUT2D eigenvalue weighted by atomic mass is 9.96. The normalized spacial score (nSPS) is 13.3. The van der Waals surface area contributed by atoms with Crippen molar-refractivity contribution in [2.45, 2.75) is 19.9 Å². The second-order valence-corrected chi connectivity index (χ2v) is 4.59. The standard InChI is InChI=1S/C11H15BrFN/c1-7(2)11(14-3)9-6-8(12)4-5-10(9)13/h4-7,11,14H,1-3H3. The Bertz CT molecular complexity index is 312. The first-order valence-electron chi connectivity index (χ1n) is 4.68. The van der Waals surface area contributed by atoms with Gasteiger partial charge in [0.1, 0.15) is 5.82 Å². The molecule has 0 amide bonds. The van der Waals surface area contributed by atoms with Gasteiger partial charge in [0.15, 0.2) is 0 Å². The van der Waals surface area contributed by atoms with E-state index in [1.165, 1.54) is 6.07 Å². The number of nitrogens with one attached hydrogen (secondary N) is 1. The quantitative estimate of drug-likeness (QED) is 0.877. The van der Waals surface area contributed by atoms with Crippen molar-refractivity contribution >= 4 is 15.9 Å². The average molecular weight is 260 g/mol. The predicted molar refractivity (Wildman–Crippen MR) is 60.7 cm³/mol. The third kappa shape index (κ3) is 2.55. The lowest BCUT2D eigenvalue weighted by Gasteiger charge is -2.21. The summed E-state index contributed by atoms with van der Waals surface area (Å²) in [4.78, 5) is 0. The first-order chi connectivity index (χ1) is 6.56. The molecular formula is C11H15BrFN. The molecule has 1 unspecified atom stereocenters. The van der Waals surface area contributed by atoms with Gasteiger partial charge in [0.2, 0.25) is 0 Å². The molecule has 0 aliphatic carbocycles. The molecule has 0 aromatic heterocycles. The summed E-state index contributed by atoms with van der Waals surface area (Å²) in [6.07, 6.45) is 0. The van der Waals surface area contributed by atoms with Crippen molar-refractivity contribution in [3.63, 3.8) is 0 Å². The van der Waals surface area contributed by atoms with Gasteiger partial charge in [-0.15, -0.1) is 0 Å². The Hall–Kier alpha value is -0.410. The van der Waals surface area contributed by atoms with Crippen LogP contribution in [0.2, 0.25) is 0 Å². The maximum Gasteiger partial charge on any atom is 0.128 e. The summed E-state index contributed by atoms with van der Waals surface area (Å²) >= 11 is 3.35. The SMILES string of the molecule is CNC(c1cc(Br)ccc1F)C(C)C. The van der Waals surface area contributed by atoms with Gasteiger partial charge in [-0.1, -0.05) is 29.8 Å². The van der Waals surface area contributed by atoms with Gasteiger partial charge in [-0.2, -0.15) is 0 Å². The summed E-state index contributed by atoms with van der Waals surface area (Å²) in [7, 11) is 1.85. The maximum atomic E-state index is 13.5. The van der Waals surface area contributed by atoms with Gasteiger partial charge in [0, 0.05) is 16.1 Å².